The van der Waals surface area contributed by atoms with Crippen molar-refractivity contribution in [3.8, 4) is 11.5 Å². The zero-order chi connectivity index (χ0) is 15.5. The maximum Gasteiger partial charge on any atom is 0.416 e. The fraction of sp³-hybridized carbons (Fsp3) is 0.200. The second-order valence-electron chi connectivity index (χ2n) is 4.62. The van der Waals surface area contributed by atoms with Crippen LogP contribution in [0.3, 0.4) is 0 Å². The number of benzene rings is 2. The van der Waals surface area contributed by atoms with Crippen molar-refractivity contribution >= 4 is 0 Å². The molecule has 0 amide bonds. The molecule has 112 valence electrons. The number of alkyl halides is 3. The topological polar surface area (TPSA) is 52.5 Å². The lowest BCUT2D eigenvalue weighted by Crippen LogP contribution is -2.13. The van der Waals surface area contributed by atoms with E-state index >= 15 is 0 Å². The molecule has 2 aromatic carbocycles. The first-order valence-corrected chi connectivity index (χ1v) is 6.24. The summed E-state index contributed by atoms with van der Waals surface area (Å²) in [5.41, 5.74) is 0.564. The lowest BCUT2D eigenvalue weighted by atomic mass is 10.1. The second kappa shape index (κ2) is 6.05. The summed E-state index contributed by atoms with van der Waals surface area (Å²) in [5.74, 6) is -0.440. The van der Waals surface area contributed by atoms with Gasteiger partial charge in [-0.1, -0.05) is 24.3 Å². The summed E-state index contributed by atoms with van der Waals surface area (Å²) in [7, 11) is 0. The molecule has 2 rings (SSSR count). The minimum absolute atomic E-state index is 0.211. The van der Waals surface area contributed by atoms with Crippen molar-refractivity contribution < 1.29 is 23.4 Å². The van der Waals surface area contributed by atoms with Crippen LogP contribution >= 0.6 is 0 Å². The number of hydrogen-bond donors (Lipinski definition) is 3. The Morgan fingerprint density at radius 3 is 2.14 bits per heavy atom. The number of phenols is 2. The minimum atomic E-state index is -4.35. The van der Waals surface area contributed by atoms with Gasteiger partial charge in [0.1, 0.15) is 0 Å². The van der Waals surface area contributed by atoms with Gasteiger partial charge in [-0.25, -0.2) is 0 Å². The van der Waals surface area contributed by atoms with Crippen molar-refractivity contribution in [2.45, 2.75) is 19.3 Å². The van der Waals surface area contributed by atoms with E-state index in [0.29, 0.717) is 12.1 Å². The Balaban J connectivity index is 1.96. The van der Waals surface area contributed by atoms with Gasteiger partial charge >= 0.3 is 6.18 Å². The summed E-state index contributed by atoms with van der Waals surface area (Å²) >= 11 is 0. The number of hydrogen-bond acceptors (Lipinski definition) is 3. The van der Waals surface area contributed by atoms with Crippen LogP contribution in [-0.4, -0.2) is 10.2 Å². The smallest absolute Gasteiger partial charge is 0.416 e. The lowest BCUT2D eigenvalue weighted by molar-refractivity contribution is -0.137. The molecular formula is C15H14F3NO2. The van der Waals surface area contributed by atoms with E-state index in [2.05, 4.69) is 5.32 Å². The summed E-state index contributed by atoms with van der Waals surface area (Å²) < 4.78 is 37.7. The Morgan fingerprint density at radius 2 is 1.52 bits per heavy atom. The van der Waals surface area contributed by atoms with E-state index in [1.165, 1.54) is 18.2 Å². The number of halogens is 3. The van der Waals surface area contributed by atoms with Crippen molar-refractivity contribution in [3.63, 3.8) is 0 Å². The van der Waals surface area contributed by atoms with Crippen LogP contribution in [0.15, 0.2) is 42.5 Å². The minimum Gasteiger partial charge on any atom is -0.504 e. The fourth-order valence-electron chi connectivity index (χ4n) is 1.89. The van der Waals surface area contributed by atoms with Crippen LogP contribution in [0.5, 0.6) is 11.5 Å². The zero-order valence-corrected chi connectivity index (χ0v) is 11.0. The molecule has 2 aromatic rings. The fourth-order valence-corrected chi connectivity index (χ4v) is 1.89. The molecule has 0 aromatic heterocycles. The summed E-state index contributed by atoms with van der Waals surface area (Å²) in [5, 5.41) is 21.5. The van der Waals surface area contributed by atoms with E-state index in [-0.39, 0.29) is 18.0 Å². The van der Waals surface area contributed by atoms with Crippen LogP contribution in [0.25, 0.3) is 0 Å². The third kappa shape index (κ3) is 4.13. The Hall–Kier alpha value is -2.21. The third-order valence-corrected chi connectivity index (χ3v) is 2.95. The average Bonchev–Trinajstić information content (AvgIpc) is 2.42. The molecule has 0 bridgehead atoms. The molecular weight excluding hydrogens is 283 g/mol. The van der Waals surface area contributed by atoms with E-state index in [4.69, 9.17) is 0 Å². The highest BCUT2D eigenvalue weighted by Gasteiger charge is 2.30. The molecule has 0 aliphatic rings. The van der Waals surface area contributed by atoms with Crippen LogP contribution in [0.2, 0.25) is 0 Å². The highest BCUT2D eigenvalue weighted by atomic mass is 19.4. The van der Waals surface area contributed by atoms with Gasteiger partial charge in [-0.3, -0.25) is 0 Å². The molecule has 0 spiro atoms. The molecule has 0 saturated carbocycles. The second-order valence-corrected chi connectivity index (χ2v) is 4.62. The van der Waals surface area contributed by atoms with Gasteiger partial charge in [0.25, 0.3) is 0 Å². The molecule has 21 heavy (non-hydrogen) atoms. The summed E-state index contributed by atoms with van der Waals surface area (Å²) in [4.78, 5) is 0. The molecule has 3 nitrogen and oxygen atoms in total. The van der Waals surface area contributed by atoms with Crippen LogP contribution in [0.4, 0.5) is 13.2 Å². The SMILES string of the molecule is Oc1ccc(CNCc2cccc(C(F)(F)F)c2)cc1O. The standard InChI is InChI=1S/C15H14F3NO2/c16-15(17,18)12-3-1-2-10(6-12)8-19-9-11-4-5-13(20)14(21)7-11/h1-7,19-21H,8-9H2. The maximum atomic E-state index is 12.6. The molecule has 6 heteroatoms. The van der Waals surface area contributed by atoms with E-state index in [1.807, 2.05) is 0 Å². The number of aromatic hydroxyl groups is 2. The maximum absolute atomic E-state index is 12.6. The number of nitrogens with one attached hydrogen (secondary N) is 1. The highest BCUT2D eigenvalue weighted by Crippen LogP contribution is 2.29. The van der Waals surface area contributed by atoms with Gasteiger partial charge < -0.3 is 15.5 Å². The Labute approximate surface area is 119 Å². The van der Waals surface area contributed by atoms with Gasteiger partial charge in [-0.2, -0.15) is 13.2 Å². The quantitative estimate of drug-likeness (QED) is 0.758. The first-order valence-electron chi connectivity index (χ1n) is 6.24. The van der Waals surface area contributed by atoms with Crippen LogP contribution in [0.1, 0.15) is 16.7 Å². The van der Waals surface area contributed by atoms with Gasteiger partial charge in [0.15, 0.2) is 11.5 Å². The van der Waals surface area contributed by atoms with Crippen molar-refractivity contribution in [2.24, 2.45) is 0 Å². The van der Waals surface area contributed by atoms with Gasteiger partial charge in [0, 0.05) is 13.1 Å². The molecule has 0 aliphatic carbocycles. The normalized spacial score (nSPS) is 11.6. The molecule has 0 heterocycles. The molecule has 0 aliphatic heterocycles. The van der Waals surface area contributed by atoms with E-state index < -0.39 is 11.7 Å². The van der Waals surface area contributed by atoms with Gasteiger partial charge in [-0.05, 0) is 29.3 Å². The van der Waals surface area contributed by atoms with Crippen molar-refractivity contribution in [3.05, 3.63) is 59.2 Å². The van der Waals surface area contributed by atoms with E-state index in [1.54, 1.807) is 12.1 Å². The summed E-state index contributed by atoms with van der Waals surface area (Å²) in [6, 6.07) is 9.48. The Bertz CT molecular complexity index is 627. The summed E-state index contributed by atoms with van der Waals surface area (Å²) in [6.45, 7) is 0.635. The van der Waals surface area contributed by atoms with Crippen molar-refractivity contribution in [1.82, 2.24) is 5.32 Å². The number of phenolic OH excluding ortho intramolecular Hbond substituents is 2. The lowest BCUT2D eigenvalue weighted by Gasteiger charge is -2.10. The van der Waals surface area contributed by atoms with Crippen LogP contribution in [0, 0.1) is 0 Å². The highest BCUT2D eigenvalue weighted by molar-refractivity contribution is 5.40. The van der Waals surface area contributed by atoms with Gasteiger partial charge in [-0.15, -0.1) is 0 Å². The molecule has 0 saturated heterocycles. The predicted octanol–water partition coefficient (Wildman–Crippen LogP) is 3.41. The predicted molar refractivity (Wildman–Crippen MR) is 71.8 cm³/mol. The van der Waals surface area contributed by atoms with Gasteiger partial charge in [0.2, 0.25) is 0 Å². The zero-order valence-electron chi connectivity index (χ0n) is 11.0. The van der Waals surface area contributed by atoms with E-state index in [0.717, 1.165) is 17.7 Å². The number of rotatable bonds is 4. The summed E-state index contributed by atoms with van der Waals surface area (Å²) in [6.07, 6.45) is -4.35. The Morgan fingerprint density at radius 1 is 0.857 bits per heavy atom. The van der Waals surface area contributed by atoms with E-state index in [9.17, 15) is 23.4 Å². The molecule has 0 unspecified atom stereocenters. The van der Waals surface area contributed by atoms with Crippen LogP contribution < -0.4 is 5.32 Å². The first kappa shape index (κ1) is 15.2. The van der Waals surface area contributed by atoms with Crippen molar-refractivity contribution in [1.29, 1.82) is 0 Å². The molecule has 0 radical (unpaired) electrons. The monoisotopic (exact) mass is 297 g/mol. The molecule has 0 fully saturated rings. The third-order valence-electron chi connectivity index (χ3n) is 2.95. The van der Waals surface area contributed by atoms with Gasteiger partial charge in [0.05, 0.1) is 5.56 Å². The van der Waals surface area contributed by atoms with Crippen molar-refractivity contribution in [2.75, 3.05) is 0 Å². The largest absolute Gasteiger partial charge is 0.504 e. The van der Waals surface area contributed by atoms with Crippen LogP contribution in [-0.2, 0) is 19.3 Å². The molecule has 0 atom stereocenters. The molecule has 3 N–H and O–H groups in total. The first-order chi connectivity index (χ1) is 9.86. The average molecular weight is 297 g/mol. The Kier molecular flexibility index (Phi) is 4.37.